The van der Waals surface area contributed by atoms with Crippen LogP contribution in [-0.2, 0) is 0 Å². The van der Waals surface area contributed by atoms with Crippen LogP contribution in [0.5, 0.6) is 5.75 Å². The van der Waals surface area contributed by atoms with Crippen molar-refractivity contribution < 1.29 is 14.6 Å². The van der Waals surface area contributed by atoms with Gasteiger partial charge in [0.1, 0.15) is 5.75 Å². The average Bonchev–Trinajstić information content (AvgIpc) is 2.39. The molecule has 1 N–H and O–H groups in total. The van der Waals surface area contributed by atoms with Gasteiger partial charge in [0.2, 0.25) is 0 Å². The van der Waals surface area contributed by atoms with Crippen molar-refractivity contribution in [3.63, 3.8) is 0 Å². The summed E-state index contributed by atoms with van der Waals surface area (Å²) in [7, 11) is 0. The monoisotopic (exact) mass is 321 g/mol. The Kier molecular flexibility index (Phi) is 4.16. The number of rotatable bonds is 4. The fraction of sp³-hybridized carbons (Fsp3) is 0.143. The van der Waals surface area contributed by atoms with E-state index in [1.165, 1.54) is 0 Å². The number of hydrogen-bond donors (Lipinski definition) is 1. The Balaban J connectivity index is 2.52. The highest BCUT2D eigenvalue weighted by Crippen LogP contribution is 2.28. The maximum absolute atomic E-state index is 11.3. The van der Waals surface area contributed by atoms with Gasteiger partial charge in [-0.05, 0) is 30.7 Å². The van der Waals surface area contributed by atoms with E-state index in [4.69, 9.17) is 4.74 Å². The van der Waals surface area contributed by atoms with Crippen LogP contribution in [0.15, 0.2) is 41.1 Å². The Morgan fingerprint density at radius 2 is 2.16 bits per heavy atom. The zero-order valence-corrected chi connectivity index (χ0v) is 11.8. The highest BCUT2D eigenvalue weighted by Gasteiger charge is 2.13. The minimum absolute atomic E-state index is 0.227. The highest BCUT2D eigenvalue weighted by atomic mass is 79.9. The van der Waals surface area contributed by atoms with Gasteiger partial charge in [0.15, 0.2) is 0 Å². The van der Waals surface area contributed by atoms with Gasteiger partial charge in [-0.3, -0.25) is 4.98 Å². The lowest BCUT2D eigenvalue weighted by Gasteiger charge is -2.08. The summed E-state index contributed by atoms with van der Waals surface area (Å²) in [6.07, 6.45) is 3.23. The molecule has 0 aliphatic rings. The Hall–Kier alpha value is -1.88. The predicted molar refractivity (Wildman–Crippen MR) is 75.5 cm³/mol. The molecular weight excluding hydrogens is 310 g/mol. The second-order valence-corrected chi connectivity index (χ2v) is 4.75. The van der Waals surface area contributed by atoms with E-state index in [1.807, 2.05) is 6.92 Å². The highest BCUT2D eigenvalue weighted by molar-refractivity contribution is 9.10. The van der Waals surface area contributed by atoms with E-state index in [2.05, 4.69) is 20.9 Å². The summed E-state index contributed by atoms with van der Waals surface area (Å²) in [5, 5.41) is 9.25. The largest absolute Gasteiger partial charge is 0.492 e. The smallest absolute Gasteiger partial charge is 0.336 e. The normalized spacial score (nSPS) is 10.2. The lowest BCUT2D eigenvalue weighted by Crippen LogP contribution is -2.00. The van der Waals surface area contributed by atoms with Crippen molar-refractivity contribution in [2.75, 3.05) is 6.61 Å². The molecule has 2 rings (SSSR count). The van der Waals surface area contributed by atoms with Gasteiger partial charge in [0.25, 0.3) is 0 Å². The molecule has 19 heavy (non-hydrogen) atoms. The molecule has 0 aliphatic heterocycles. The first-order valence-corrected chi connectivity index (χ1v) is 6.52. The van der Waals surface area contributed by atoms with E-state index in [-0.39, 0.29) is 5.56 Å². The molecule has 0 radical (unpaired) electrons. The van der Waals surface area contributed by atoms with Crippen LogP contribution in [-0.4, -0.2) is 22.7 Å². The third kappa shape index (κ3) is 3.12. The van der Waals surface area contributed by atoms with E-state index < -0.39 is 5.97 Å². The molecule has 0 atom stereocenters. The van der Waals surface area contributed by atoms with Gasteiger partial charge < -0.3 is 9.84 Å². The molecule has 4 nitrogen and oxygen atoms in total. The number of halogens is 1. The molecule has 0 saturated carbocycles. The zero-order chi connectivity index (χ0) is 13.8. The maximum Gasteiger partial charge on any atom is 0.336 e. The number of pyridine rings is 1. The van der Waals surface area contributed by atoms with Crippen molar-refractivity contribution in [2.45, 2.75) is 6.92 Å². The fourth-order valence-corrected chi connectivity index (χ4v) is 2.12. The summed E-state index contributed by atoms with van der Waals surface area (Å²) in [4.78, 5) is 15.4. The molecule has 5 heteroatoms. The number of aromatic carboxylic acids is 1. The lowest BCUT2D eigenvalue weighted by molar-refractivity contribution is 0.0697. The number of carboxylic acid groups (broad SMARTS) is 1. The predicted octanol–water partition coefficient (Wildman–Crippen LogP) is 3.61. The van der Waals surface area contributed by atoms with Crippen LogP contribution in [0.4, 0.5) is 0 Å². The van der Waals surface area contributed by atoms with Crippen molar-refractivity contribution in [1.82, 2.24) is 4.98 Å². The van der Waals surface area contributed by atoms with Gasteiger partial charge in [-0.1, -0.05) is 22.0 Å². The second kappa shape index (κ2) is 5.84. The van der Waals surface area contributed by atoms with E-state index in [0.29, 0.717) is 17.9 Å². The molecule has 0 spiro atoms. The number of aromatic nitrogens is 1. The third-order valence-electron chi connectivity index (χ3n) is 2.55. The quantitative estimate of drug-likeness (QED) is 0.934. The van der Waals surface area contributed by atoms with Crippen LogP contribution in [0.25, 0.3) is 11.1 Å². The van der Waals surface area contributed by atoms with Crippen molar-refractivity contribution in [2.24, 2.45) is 0 Å². The van der Waals surface area contributed by atoms with Crippen molar-refractivity contribution >= 4 is 21.9 Å². The van der Waals surface area contributed by atoms with Gasteiger partial charge >= 0.3 is 5.97 Å². The summed E-state index contributed by atoms with van der Waals surface area (Å²) in [6, 6.07) is 6.91. The van der Waals surface area contributed by atoms with Crippen LogP contribution in [0.2, 0.25) is 0 Å². The molecule has 98 valence electrons. The maximum atomic E-state index is 11.3. The third-order valence-corrected chi connectivity index (χ3v) is 3.04. The molecule has 1 aromatic heterocycles. The van der Waals surface area contributed by atoms with Crippen LogP contribution in [0, 0.1) is 0 Å². The molecule has 2 aromatic rings. The van der Waals surface area contributed by atoms with Crippen LogP contribution >= 0.6 is 15.9 Å². The van der Waals surface area contributed by atoms with Crippen LogP contribution in [0.3, 0.4) is 0 Å². The van der Waals surface area contributed by atoms with Gasteiger partial charge in [-0.25, -0.2) is 4.79 Å². The summed E-state index contributed by atoms with van der Waals surface area (Å²) in [6.45, 7) is 2.42. The van der Waals surface area contributed by atoms with E-state index in [9.17, 15) is 9.90 Å². The lowest BCUT2D eigenvalue weighted by atomic mass is 10.0. The minimum Gasteiger partial charge on any atom is -0.492 e. The Morgan fingerprint density at radius 3 is 2.84 bits per heavy atom. The molecule has 1 aromatic carbocycles. The molecule has 0 bridgehead atoms. The minimum atomic E-state index is -0.974. The number of carbonyl (C=O) groups is 1. The molecule has 1 heterocycles. The summed E-state index contributed by atoms with van der Waals surface area (Å²) < 4.78 is 6.10. The Morgan fingerprint density at radius 1 is 1.37 bits per heavy atom. The topological polar surface area (TPSA) is 59.4 Å². The van der Waals surface area contributed by atoms with E-state index in [0.717, 1.165) is 10.0 Å². The molecule has 0 amide bonds. The van der Waals surface area contributed by atoms with Crippen molar-refractivity contribution in [1.29, 1.82) is 0 Å². The molecule has 0 unspecified atom stereocenters. The van der Waals surface area contributed by atoms with Crippen molar-refractivity contribution in [3.8, 4) is 16.9 Å². The number of benzene rings is 1. The second-order valence-electron chi connectivity index (χ2n) is 3.84. The first kappa shape index (κ1) is 13.5. The Labute approximate surface area is 119 Å². The van der Waals surface area contributed by atoms with Gasteiger partial charge in [0, 0.05) is 16.2 Å². The SMILES string of the molecule is CCOc1cncc(-c2ccc(Br)cc2C(=O)O)c1. The average molecular weight is 322 g/mol. The molecule has 0 saturated heterocycles. The van der Waals surface area contributed by atoms with Gasteiger partial charge in [0.05, 0.1) is 18.4 Å². The molecule has 0 fully saturated rings. The van der Waals surface area contributed by atoms with Crippen LogP contribution < -0.4 is 4.74 Å². The number of ether oxygens (including phenoxy) is 1. The molecule has 0 aliphatic carbocycles. The fourth-order valence-electron chi connectivity index (χ4n) is 1.76. The first-order chi connectivity index (χ1) is 9.11. The summed E-state index contributed by atoms with van der Waals surface area (Å²) in [5.41, 5.74) is 1.56. The Bertz CT molecular complexity index is 613. The molecular formula is C14H12BrNO3. The van der Waals surface area contributed by atoms with E-state index >= 15 is 0 Å². The van der Waals surface area contributed by atoms with Gasteiger partial charge in [-0.15, -0.1) is 0 Å². The number of nitrogens with zero attached hydrogens (tertiary/aromatic N) is 1. The van der Waals surface area contributed by atoms with Gasteiger partial charge in [-0.2, -0.15) is 0 Å². The number of hydrogen-bond acceptors (Lipinski definition) is 3. The van der Waals surface area contributed by atoms with Crippen molar-refractivity contribution in [3.05, 3.63) is 46.7 Å². The summed E-state index contributed by atoms with van der Waals surface area (Å²) in [5.74, 6) is -0.350. The number of carboxylic acids is 1. The van der Waals surface area contributed by atoms with Crippen LogP contribution in [0.1, 0.15) is 17.3 Å². The zero-order valence-electron chi connectivity index (χ0n) is 10.3. The standard InChI is InChI=1S/C14H12BrNO3/c1-2-19-11-5-9(7-16-8-11)12-4-3-10(15)6-13(12)14(17)18/h3-8H,2H2,1H3,(H,17,18). The summed E-state index contributed by atoms with van der Waals surface area (Å²) >= 11 is 3.27. The first-order valence-electron chi connectivity index (χ1n) is 5.73. The van der Waals surface area contributed by atoms with E-state index in [1.54, 1.807) is 36.7 Å².